The Morgan fingerprint density at radius 1 is 1.12 bits per heavy atom. The molecule has 0 aliphatic carbocycles. The van der Waals surface area contributed by atoms with Crippen molar-refractivity contribution in [2.75, 3.05) is 0 Å². The molecule has 2 aromatic rings. The average Bonchev–Trinajstić information content (AvgIpc) is 2.67. The van der Waals surface area contributed by atoms with Gasteiger partial charge in [-0.15, -0.1) is 0 Å². The largest absolute Gasteiger partial charge is 0.337 e. The third-order valence-electron chi connectivity index (χ3n) is 3.09. The molecule has 0 aliphatic heterocycles. The van der Waals surface area contributed by atoms with Gasteiger partial charge in [0.05, 0.1) is 12.0 Å². The molecule has 0 fully saturated rings. The smallest absolute Gasteiger partial charge is 0.127 e. The highest BCUT2D eigenvalue weighted by atomic mass is 79.9. The van der Waals surface area contributed by atoms with Crippen LogP contribution < -0.4 is 0 Å². The van der Waals surface area contributed by atoms with E-state index < -0.39 is 0 Å². The summed E-state index contributed by atoms with van der Waals surface area (Å²) >= 11 is 3.48. The van der Waals surface area contributed by atoms with Crippen LogP contribution in [-0.2, 0) is 26.3 Å². The molecule has 0 atom stereocenters. The van der Waals surface area contributed by atoms with Crippen molar-refractivity contribution in [3.63, 3.8) is 0 Å². The van der Waals surface area contributed by atoms with Gasteiger partial charge in [0.1, 0.15) is 4.60 Å². The molecular formula is C14H17BrN2. The predicted octanol–water partition coefficient (Wildman–Crippen LogP) is 3.53. The van der Waals surface area contributed by atoms with E-state index in [-0.39, 0.29) is 0 Å². The van der Waals surface area contributed by atoms with Crippen molar-refractivity contribution in [1.82, 2.24) is 9.55 Å². The zero-order valence-electron chi connectivity index (χ0n) is 10.3. The minimum Gasteiger partial charge on any atom is -0.337 e. The molecule has 1 aromatic carbocycles. The molecule has 0 saturated carbocycles. The molecule has 0 N–H and O–H groups in total. The zero-order chi connectivity index (χ0) is 12.3. The maximum atomic E-state index is 4.24. The average molecular weight is 293 g/mol. The highest BCUT2D eigenvalue weighted by molar-refractivity contribution is 9.10. The molecule has 3 heteroatoms. The molecule has 2 rings (SSSR count). The van der Waals surface area contributed by atoms with E-state index in [0.717, 1.165) is 23.9 Å². The Kier molecular flexibility index (Phi) is 4.00. The number of halogens is 1. The molecule has 0 radical (unpaired) electrons. The Morgan fingerprint density at radius 2 is 1.76 bits per heavy atom. The molecule has 90 valence electrons. The van der Waals surface area contributed by atoms with Crippen LogP contribution in [-0.4, -0.2) is 9.55 Å². The van der Waals surface area contributed by atoms with Crippen molar-refractivity contribution in [3.8, 4) is 0 Å². The van der Waals surface area contributed by atoms with Gasteiger partial charge < -0.3 is 4.57 Å². The summed E-state index contributed by atoms with van der Waals surface area (Å²) in [5.74, 6) is 0. The third-order valence-corrected chi connectivity index (χ3v) is 3.75. The quantitative estimate of drug-likeness (QED) is 0.843. The molecule has 17 heavy (non-hydrogen) atoms. The van der Waals surface area contributed by atoms with Crippen LogP contribution in [0.5, 0.6) is 0 Å². The van der Waals surface area contributed by atoms with Crippen molar-refractivity contribution in [2.45, 2.75) is 26.2 Å². The predicted molar refractivity (Wildman–Crippen MR) is 74.1 cm³/mol. The van der Waals surface area contributed by atoms with Crippen molar-refractivity contribution >= 4 is 15.9 Å². The summed E-state index contributed by atoms with van der Waals surface area (Å²) in [4.78, 5) is 4.24. The minimum absolute atomic E-state index is 0.963. The SMILES string of the molecule is CCc1ccc(CCc2c(Br)ncn2C)cc1. The van der Waals surface area contributed by atoms with Gasteiger partial charge >= 0.3 is 0 Å². The molecule has 0 aliphatic rings. The number of aromatic nitrogens is 2. The van der Waals surface area contributed by atoms with Crippen LogP contribution in [0.3, 0.4) is 0 Å². The second kappa shape index (κ2) is 5.50. The zero-order valence-corrected chi connectivity index (χ0v) is 11.9. The third kappa shape index (κ3) is 2.97. The summed E-state index contributed by atoms with van der Waals surface area (Å²) in [6, 6.07) is 8.88. The Hall–Kier alpha value is -1.09. The van der Waals surface area contributed by atoms with E-state index in [1.807, 2.05) is 13.4 Å². The molecule has 0 spiro atoms. The van der Waals surface area contributed by atoms with Crippen molar-refractivity contribution < 1.29 is 0 Å². The second-order valence-corrected chi connectivity index (χ2v) is 5.01. The Labute approximate surface area is 111 Å². The van der Waals surface area contributed by atoms with E-state index in [1.165, 1.54) is 16.8 Å². The van der Waals surface area contributed by atoms with Crippen LogP contribution >= 0.6 is 15.9 Å². The van der Waals surface area contributed by atoms with Gasteiger partial charge in [-0.25, -0.2) is 4.98 Å². The van der Waals surface area contributed by atoms with Gasteiger partial charge in [-0.1, -0.05) is 31.2 Å². The molecule has 1 aromatic heterocycles. The molecule has 1 heterocycles. The maximum Gasteiger partial charge on any atom is 0.127 e. The van der Waals surface area contributed by atoms with Crippen LogP contribution in [0.1, 0.15) is 23.7 Å². The summed E-state index contributed by atoms with van der Waals surface area (Å²) in [7, 11) is 2.03. The van der Waals surface area contributed by atoms with Gasteiger partial charge in [-0.3, -0.25) is 0 Å². The normalized spacial score (nSPS) is 10.8. The summed E-state index contributed by atoms with van der Waals surface area (Å²) in [5, 5.41) is 0. The monoisotopic (exact) mass is 292 g/mol. The fourth-order valence-corrected chi connectivity index (χ4v) is 2.48. The van der Waals surface area contributed by atoms with Gasteiger partial charge in [0.15, 0.2) is 0 Å². The second-order valence-electron chi connectivity index (χ2n) is 4.26. The minimum atomic E-state index is 0.963. The number of hydrogen-bond acceptors (Lipinski definition) is 1. The standard InChI is InChI=1S/C14H17BrN2/c1-3-11-4-6-12(7-5-11)8-9-13-14(15)16-10-17(13)2/h4-7,10H,3,8-9H2,1-2H3. The van der Waals surface area contributed by atoms with E-state index in [2.05, 4.69) is 56.7 Å². The van der Waals surface area contributed by atoms with E-state index in [0.29, 0.717) is 0 Å². The van der Waals surface area contributed by atoms with Crippen LogP contribution in [0.4, 0.5) is 0 Å². The van der Waals surface area contributed by atoms with Crippen LogP contribution in [0.25, 0.3) is 0 Å². The Bertz CT molecular complexity index is 466. The topological polar surface area (TPSA) is 17.8 Å². The van der Waals surface area contributed by atoms with E-state index in [9.17, 15) is 0 Å². The fraction of sp³-hybridized carbons (Fsp3) is 0.357. The lowest BCUT2D eigenvalue weighted by Crippen LogP contribution is -1.99. The van der Waals surface area contributed by atoms with Gasteiger partial charge in [0.25, 0.3) is 0 Å². The van der Waals surface area contributed by atoms with Crippen molar-refractivity contribution in [1.29, 1.82) is 0 Å². The number of imidazole rings is 1. The number of hydrogen-bond donors (Lipinski definition) is 0. The first kappa shape index (κ1) is 12.4. The highest BCUT2D eigenvalue weighted by Crippen LogP contribution is 2.16. The van der Waals surface area contributed by atoms with Crippen molar-refractivity contribution in [2.24, 2.45) is 7.05 Å². The van der Waals surface area contributed by atoms with Crippen LogP contribution in [0.2, 0.25) is 0 Å². The molecule has 2 nitrogen and oxygen atoms in total. The van der Waals surface area contributed by atoms with Crippen LogP contribution in [0.15, 0.2) is 35.2 Å². The van der Waals surface area contributed by atoms with Crippen LogP contribution in [0, 0.1) is 0 Å². The number of rotatable bonds is 4. The number of aryl methyl sites for hydroxylation is 3. The molecule has 0 amide bonds. The first-order chi connectivity index (χ1) is 8.20. The summed E-state index contributed by atoms with van der Waals surface area (Å²) in [5.41, 5.74) is 4.04. The molecular weight excluding hydrogens is 276 g/mol. The molecule has 0 saturated heterocycles. The van der Waals surface area contributed by atoms with E-state index >= 15 is 0 Å². The first-order valence-corrected chi connectivity index (χ1v) is 6.73. The maximum absolute atomic E-state index is 4.24. The number of nitrogens with zero attached hydrogens (tertiary/aromatic N) is 2. The first-order valence-electron chi connectivity index (χ1n) is 5.94. The summed E-state index contributed by atoms with van der Waals surface area (Å²) in [6.07, 6.45) is 5.03. The van der Waals surface area contributed by atoms with Gasteiger partial charge in [0.2, 0.25) is 0 Å². The highest BCUT2D eigenvalue weighted by Gasteiger charge is 2.05. The fourth-order valence-electron chi connectivity index (χ4n) is 1.91. The Balaban J connectivity index is 2.02. The lowest BCUT2D eigenvalue weighted by atomic mass is 10.1. The lowest BCUT2D eigenvalue weighted by molar-refractivity contribution is 0.795. The summed E-state index contributed by atoms with van der Waals surface area (Å²) in [6.45, 7) is 2.18. The van der Waals surface area contributed by atoms with E-state index in [4.69, 9.17) is 0 Å². The molecule has 0 bridgehead atoms. The van der Waals surface area contributed by atoms with Gasteiger partial charge in [0, 0.05) is 7.05 Å². The Morgan fingerprint density at radius 3 is 2.29 bits per heavy atom. The lowest BCUT2D eigenvalue weighted by Gasteiger charge is -2.04. The van der Waals surface area contributed by atoms with Gasteiger partial charge in [-0.05, 0) is 46.3 Å². The number of benzene rings is 1. The van der Waals surface area contributed by atoms with Crippen molar-refractivity contribution in [3.05, 3.63) is 52.0 Å². The summed E-state index contributed by atoms with van der Waals surface area (Å²) < 4.78 is 3.04. The van der Waals surface area contributed by atoms with Gasteiger partial charge in [-0.2, -0.15) is 0 Å². The van der Waals surface area contributed by atoms with E-state index in [1.54, 1.807) is 0 Å². The molecule has 0 unspecified atom stereocenters.